The van der Waals surface area contributed by atoms with Gasteiger partial charge in [-0.25, -0.2) is 4.98 Å². The molecule has 4 heteroatoms. The number of rotatable bonds is 2. The van der Waals surface area contributed by atoms with Crippen LogP contribution in [0.2, 0.25) is 0 Å². The lowest BCUT2D eigenvalue weighted by Crippen LogP contribution is -2.29. The van der Waals surface area contributed by atoms with Crippen molar-refractivity contribution in [3.8, 4) is 0 Å². The number of pyridine rings is 1. The molecule has 1 N–H and O–H groups in total. The van der Waals surface area contributed by atoms with Gasteiger partial charge in [-0.15, -0.1) is 0 Å². The molecule has 0 aromatic carbocycles. The third kappa shape index (κ3) is 1.63. The Kier molecular flexibility index (Phi) is 2.36. The van der Waals surface area contributed by atoms with Gasteiger partial charge in [0.1, 0.15) is 11.3 Å². The lowest BCUT2D eigenvalue weighted by atomic mass is 10.0. The molecule has 0 bridgehead atoms. The first-order chi connectivity index (χ1) is 8.93. The van der Waals surface area contributed by atoms with Crippen LogP contribution < -0.4 is 5.32 Å². The molecule has 0 spiro atoms. The summed E-state index contributed by atoms with van der Waals surface area (Å²) in [7, 11) is 0. The van der Waals surface area contributed by atoms with Crippen molar-refractivity contribution in [2.45, 2.75) is 44.2 Å². The van der Waals surface area contributed by atoms with Crippen LogP contribution in [0.15, 0.2) is 18.5 Å². The third-order valence-electron chi connectivity index (χ3n) is 4.05. The summed E-state index contributed by atoms with van der Waals surface area (Å²) in [5, 5.41) is 3.62. The minimum Gasteiger partial charge on any atom is -0.323 e. The van der Waals surface area contributed by atoms with E-state index in [0.717, 1.165) is 12.1 Å². The fourth-order valence-corrected chi connectivity index (χ4v) is 3.00. The molecule has 4 rings (SSSR count). The number of fused-ring (bicyclic) bond motifs is 1. The number of hydrogen-bond donors (Lipinski definition) is 1. The Morgan fingerprint density at radius 3 is 2.94 bits per heavy atom. The highest BCUT2D eigenvalue weighted by molar-refractivity contribution is 5.75. The largest absolute Gasteiger partial charge is 0.323 e. The van der Waals surface area contributed by atoms with Gasteiger partial charge >= 0.3 is 0 Å². The smallest absolute Gasteiger partial charge is 0.127 e. The number of nitrogens with one attached hydrogen (secondary N) is 1. The Bertz CT molecular complexity index is 564. The number of nitrogens with zero attached hydrogens (tertiary/aromatic N) is 3. The van der Waals surface area contributed by atoms with E-state index in [4.69, 9.17) is 4.98 Å². The molecule has 1 aliphatic carbocycles. The van der Waals surface area contributed by atoms with Crippen molar-refractivity contribution in [2.24, 2.45) is 0 Å². The molecule has 2 fully saturated rings. The first kappa shape index (κ1) is 10.5. The summed E-state index contributed by atoms with van der Waals surface area (Å²) in [6.45, 7) is 1.12. The van der Waals surface area contributed by atoms with Crippen LogP contribution in [0.5, 0.6) is 0 Å². The Labute approximate surface area is 106 Å². The summed E-state index contributed by atoms with van der Waals surface area (Å²) in [4.78, 5) is 9.03. The quantitative estimate of drug-likeness (QED) is 0.880. The zero-order valence-electron chi connectivity index (χ0n) is 10.5. The summed E-state index contributed by atoms with van der Waals surface area (Å²) in [6.07, 6.45) is 10.2. The maximum atomic E-state index is 4.84. The predicted octanol–water partition coefficient (Wildman–Crippen LogP) is 2.58. The molecule has 3 heterocycles. The molecule has 4 nitrogen and oxygen atoms in total. The average molecular weight is 242 g/mol. The highest BCUT2D eigenvalue weighted by Crippen LogP contribution is 2.40. The standard InChI is InChI=1S/C14H18N4/c1-2-7-16-11(3-1)14-17-12-9-15-8-6-13(12)18(14)10-4-5-10/h6,8-11,16H,1-5,7H2. The molecule has 2 aromatic rings. The van der Waals surface area contributed by atoms with Crippen LogP contribution in [0.25, 0.3) is 11.0 Å². The van der Waals surface area contributed by atoms with E-state index in [1.807, 2.05) is 12.4 Å². The van der Waals surface area contributed by atoms with Gasteiger partial charge in [-0.3, -0.25) is 4.98 Å². The molecule has 1 saturated carbocycles. The van der Waals surface area contributed by atoms with Crippen LogP contribution >= 0.6 is 0 Å². The average Bonchev–Trinajstić information content (AvgIpc) is 3.19. The third-order valence-corrected chi connectivity index (χ3v) is 4.05. The maximum absolute atomic E-state index is 4.84. The van der Waals surface area contributed by atoms with Crippen LogP contribution in [0.3, 0.4) is 0 Å². The predicted molar refractivity (Wildman–Crippen MR) is 70.4 cm³/mol. The van der Waals surface area contributed by atoms with Gasteiger partial charge in [-0.2, -0.15) is 0 Å². The van der Waals surface area contributed by atoms with E-state index in [2.05, 4.69) is 20.9 Å². The van der Waals surface area contributed by atoms with Crippen LogP contribution in [0.4, 0.5) is 0 Å². The highest BCUT2D eigenvalue weighted by atomic mass is 15.2. The molecule has 0 radical (unpaired) electrons. The lowest BCUT2D eigenvalue weighted by molar-refractivity contribution is 0.387. The first-order valence-electron chi connectivity index (χ1n) is 6.99. The summed E-state index contributed by atoms with van der Waals surface area (Å²) < 4.78 is 2.46. The van der Waals surface area contributed by atoms with Crippen LogP contribution in [-0.4, -0.2) is 21.1 Å². The number of aromatic nitrogens is 3. The number of imidazole rings is 1. The second kappa shape index (κ2) is 4.05. The van der Waals surface area contributed by atoms with E-state index < -0.39 is 0 Å². The first-order valence-corrected chi connectivity index (χ1v) is 6.99. The zero-order chi connectivity index (χ0) is 11.9. The molecular formula is C14H18N4. The molecule has 2 aromatic heterocycles. The van der Waals surface area contributed by atoms with Gasteiger partial charge < -0.3 is 9.88 Å². The van der Waals surface area contributed by atoms with Crippen molar-refractivity contribution in [3.05, 3.63) is 24.3 Å². The van der Waals surface area contributed by atoms with E-state index in [0.29, 0.717) is 12.1 Å². The second-order valence-electron chi connectivity index (χ2n) is 5.44. The summed E-state index contributed by atoms with van der Waals surface area (Å²) in [6, 6.07) is 3.22. The Morgan fingerprint density at radius 1 is 1.22 bits per heavy atom. The molecule has 2 aliphatic rings. The molecule has 94 valence electrons. The molecule has 1 atom stereocenters. The molecule has 18 heavy (non-hydrogen) atoms. The van der Waals surface area contributed by atoms with Crippen molar-refractivity contribution in [1.82, 2.24) is 19.9 Å². The highest BCUT2D eigenvalue weighted by Gasteiger charge is 2.31. The Morgan fingerprint density at radius 2 is 2.17 bits per heavy atom. The van der Waals surface area contributed by atoms with Crippen molar-refractivity contribution in [2.75, 3.05) is 6.54 Å². The molecule has 0 amide bonds. The van der Waals surface area contributed by atoms with Gasteiger partial charge in [0.2, 0.25) is 0 Å². The monoisotopic (exact) mass is 242 g/mol. The fraction of sp³-hybridized carbons (Fsp3) is 0.571. The van der Waals surface area contributed by atoms with E-state index in [1.165, 1.54) is 43.4 Å². The molecule has 1 aliphatic heterocycles. The van der Waals surface area contributed by atoms with E-state index >= 15 is 0 Å². The van der Waals surface area contributed by atoms with Crippen molar-refractivity contribution >= 4 is 11.0 Å². The van der Waals surface area contributed by atoms with Gasteiger partial charge in [-0.1, -0.05) is 6.42 Å². The van der Waals surface area contributed by atoms with Gasteiger partial charge in [0.15, 0.2) is 0 Å². The molecular weight excluding hydrogens is 224 g/mol. The van der Waals surface area contributed by atoms with E-state index in [1.54, 1.807) is 0 Å². The Hall–Kier alpha value is -1.42. The normalized spacial score (nSPS) is 24.6. The van der Waals surface area contributed by atoms with Crippen LogP contribution in [0, 0.1) is 0 Å². The summed E-state index contributed by atoms with van der Waals surface area (Å²) in [5.74, 6) is 1.24. The van der Waals surface area contributed by atoms with Gasteiger partial charge in [0, 0.05) is 12.2 Å². The van der Waals surface area contributed by atoms with Crippen LogP contribution in [-0.2, 0) is 0 Å². The minimum absolute atomic E-state index is 0.437. The van der Waals surface area contributed by atoms with Gasteiger partial charge in [0.05, 0.1) is 17.8 Å². The van der Waals surface area contributed by atoms with Gasteiger partial charge in [0.25, 0.3) is 0 Å². The lowest BCUT2D eigenvalue weighted by Gasteiger charge is -2.23. The van der Waals surface area contributed by atoms with Crippen molar-refractivity contribution in [1.29, 1.82) is 0 Å². The van der Waals surface area contributed by atoms with Crippen LogP contribution in [0.1, 0.15) is 50.0 Å². The fourth-order valence-electron chi connectivity index (χ4n) is 3.00. The Balaban J connectivity index is 1.84. The summed E-state index contributed by atoms with van der Waals surface area (Å²) >= 11 is 0. The number of hydrogen-bond acceptors (Lipinski definition) is 3. The second-order valence-corrected chi connectivity index (χ2v) is 5.44. The van der Waals surface area contributed by atoms with E-state index in [-0.39, 0.29) is 0 Å². The van der Waals surface area contributed by atoms with Gasteiger partial charge in [-0.05, 0) is 38.3 Å². The zero-order valence-corrected chi connectivity index (χ0v) is 10.5. The van der Waals surface area contributed by atoms with E-state index in [9.17, 15) is 0 Å². The SMILES string of the molecule is c1cc2c(cn1)nc(C1CCCCN1)n2C1CC1. The maximum Gasteiger partial charge on any atom is 0.127 e. The topological polar surface area (TPSA) is 42.7 Å². The minimum atomic E-state index is 0.437. The van der Waals surface area contributed by atoms with Crippen molar-refractivity contribution in [3.63, 3.8) is 0 Å². The summed E-state index contributed by atoms with van der Waals surface area (Å²) in [5.41, 5.74) is 2.31. The molecule has 1 unspecified atom stereocenters. The molecule has 1 saturated heterocycles. The number of piperidine rings is 1. The van der Waals surface area contributed by atoms with Crippen molar-refractivity contribution < 1.29 is 0 Å².